The van der Waals surface area contributed by atoms with Crippen LogP contribution in [-0.2, 0) is 5.41 Å². The zero-order chi connectivity index (χ0) is 13.5. The van der Waals surface area contributed by atoms with Crippen LogP contribution in [0.3, 0.4) is 0 Å². The van der Waals surface area contributed by atoms with E-state index in [1.165, 1.54) is 12.0 Å². The lowest BCUT2D eigenvalue weighted by Gasteiger charge is -2.33. The molecule has 2 aliphatic rings. The molecule has 2 aliphatic heterocycles. The average molecular weight is 261 g/mol. The molecule has 0 aliphatic carbocycles. The van der Waals surface area contributed by atoms with E-state index in [1.807, 2.05) is 0 Å². The SMILES string of the molecule is CC1CC(C(C)(C)c2ccc3c(c2)OCCO3)CN1. The molecule has 0 radical (unpaired) electrons. The van der Waals surface area contributed by atoms with E-state index >= 15 is 0 Å². The predicted octanol–water partition coefficient (Wildman–Crippen LogP) is 2.73. The number of hydrogen-bond donors (Lipinski definition) is 1. The van der Waals surface area contributed by atoms with E-state index in [0.29, 0.717) is 25.2 Å². The molecule has 0 spiro atoms. The summed E-state index contributed by atoms with van der Waals surface area (Å²) in [6.45, 7) is 9.34. The molecule has 1 aromatic carbocycles. The lowest BCUT2D eigenvalue weighted by atomic mass is 9.72. The summed E-state index contributed by atoms with van der Waals surface area (Å²) in [6.07, 6.45) is 1.24. The molecule has 1 N–H and O–H groups in total. The maximum Gasteiger partial charge on any atom is 0.161 e. The number of hydrogen-bond acceptors (Lipinski definition) is 3. The molecule has 19 heavy (non-hydrogen) atoms. The molecule has 1 aromatic rings. The summed E-state index contributed by atoms with van der Waals surface area (Å²) in [5.41, 5.74) is 1.51. The Morgan fingerprint density at radius 2 is 1.89 bits per heavy atom. The zero-order valence-electron chi connectivity index (χ0n) is 12.0. The highest BCUT2D eigenvalue weighted by atomic mass is 16.6. The molecular formula is C16H23NO2. The molecule has 0 aromatic heterocycles. The van der Waals surface area contributed by atoms with Crippen molar-refractivity contribution in [3.05, 3.63) is 23.8 Å². The molecule has 3 heteroatoms. The van der Waals surface area contributed by atoms with Gasteiger partial charge in [0.05, 0.1) is 0 Å². The first-order valence-electron chi connectivity index (χ1n) is 7.21. The van der Waals surface area contributed by atoms with Crippen molar-refractivity contribution < 1.29 is 9.47 Å². The minimum absolute atomic E-state index is 0.160. The van der Waals surface area contributed by atoms with Crippen molar-refractivity contribution in [3.8, 4) is 11.5 Å². The van der Waals surface area contributed by atoms with Crippen molar-refractivity contribution in [1.29, 1.82) is 0 Å². The predicted molar refractivity (Wildman–Crippen MR) is 76.0 cm³/mol. The van der Waals surface area contributed by atoms with E-state index in [0.717, 1.165) is 18.0 Å². The Morgan fingerprint density at radius 1 is 1.16 bits per heavy atom. The van der Waals surface area contributed by atoms with Crippen molar-refractivity contribution in [3.63, 3.8) is 0 Å². The summed E-state index contributed by atoms with van der Waals surface area (Å²) in [6, 6.07) is 7.03. The van der Waals surface area contributed by atoms with Gasteiger partial charge >= 0.3 is 0 Å². The molecule has 3 rings (SSSR count). The summed E-state index contributed by atoms with van der Waals surface area (Å²) in [4.78, 5) is 0. The fourth-order valence-electron chi connectivity index (χ4n) is 3.17. The first kappa shape index (κ1) is 12.8. The second kappa shape index (κ2) is 4.71. The summed E-state index contributed by atoms with van der Waals surface area (Å²) in [5.74, 6) is 2.45. The highest BCUT2D eigenvalue weighted by Crippen LogP contribution is 2.40. The van der Waals surface area contributed by atoms with Crippen molar-refractivity contribution in [2.45, 2.75) is 38.6 Å². The minimum Gasteiger partial charge on any atom is -0.486 e. The number of ether oxygens (including phenoxy) is 2. The van der Waals surface area contributed by atoms with Gasteiger partial charge in [0.2, 0.25) is 0 Å². The van der Waals surface area contributed by atoms with Crippen molar-refractivity contribution in [2.24, 2.45) is 5.92 Å². The van der Waals surface area contributed by atoms with E-state index < -0.39 is 0 Å². The second-order valence-electron chi connectivity index (χ2n) is 6.32. The molecule has 3 nitrogen and oxygen atoms in total. The first-order valence-corrected chi connectivity index (χ1v) is 7.21. The van der Waals surface area contributed by atoms with Crippen LogP contribution in [0.2, 0.25) is 0 Å². The van der Waals surface area contributed by atoms with Crippen LogP contribution in [0, 0.1) is 5.92 Å². The van der Waals surface area contributed by atoms with Crippen LogP contribution in [0.5, 0.6) is 11.5 Å². The molecular weight excluding hydrogens is 238 g/mol. The maximum atomic E-state index is 5.70. The van der Waals surface area contributed by atoms with Gasteiger partial charge in [0.1, 0.15) is 13.2 Å². The van der Waals surface area contributed by atoms with Gasteiger partial charge in [-0.15, -0.1) is 0 Å². The highest BCUT2D eigenvalue weighted by molar-refractivity contribution is 5.46. The van der Waals surface area contributed by atoms with Crippen LogP contribution in [0.1, 0.15) is 32.8 Å². The molecule has 2 atom stereocenters. The quantitative estimate of drug-likeness (QED) is 0.888. The van der Waals surface area contributed by atoms with E-state index in [1.54, 1.807) is 0 Å². The van der Waals surface area contributed by atoms with Crippen molar-refractivity contribution in [2.75, 3.05) is 19.8 Å². The summed E-state index contributed by atoms with van der Waals surface area (Å²) in [7, 11) is 0. The molecule has 104 valence electrons. The van der Waals surface area contributed by atoms with Crippen molar-refractivity contribution in [1.82, 2.24) is 5.32 Å². The fourth-order valence-corrected chi connectivity index (χ4v) is 3.17. The van der Waals surface area contributed by atoms with Crippen LogP contribution < -0.4 is 14.8 Å². The van der Waals surface area contributed by atoms with Crippen molar-refractivity contribution >= 4 is 0 Å². The summed E-state index contributed by atoms with van der Waals surface area (Å²) >= 11 is 0. The molecule has 2 heterocycles. The molecule has 2 unspecified atom stereocenters. The maximum absolute atomic E-state index is 5.70. The molecule has 0 bridgehead atoms. The van der Waals surface area contributed by atoms with Gasteiger partial charge in [-0.25, -0.2) is 0 Å². The Balaban J connectivity index is 1.88. The highest BCUT2D eigenvalue weighted by Gasteiger charge is 2.36. The Bertz CT molecular complexity index is 470. The molecule has 1 fully saturated rings. The number of benzene rings is 1. The third-order valence-corrected chi connectivity index (χ3v) is 4.66. The van der Waals surface area contributed by atoms with Crippen LogP contribution in [0.25, 0.3) is 0 Å². The largest absolute Gasteiger partial charge is 0.486 e. The van der Waals surface area contributed by atoms with Gasteiger partial charge in [-0.3, -0.25) is 0 Å². The summed E-state index contributed by atoms with van der Waals surface area (Å²) < 4.78 is 11.3. The molecule has 1 saturated heterocycles. The van der Waals surface area contributed by atoms with Gasteiger partial charge in [-0.1, -0.05) is 19.9 Å². The monoisotopic (exact) mass is 261 g/mol. The normalized spacial score (nSPS) is 26.5. The smallest absolute Gasteiger partial charge is 0.161 e. The van der Waals surface area contributed by atoms with Gasteiger partial charge in [0.25, 0.3) is 0 Å². The lowest BCUT2D eigenvalue weighted by molar-refractivity contribution is 0.171. The Labute approximate surface area is 115 Å². The van der Waals surface area contributed by atoms with E-state index in [4.69, 9.17) is 9.47 Å². The van der Waals surface area contributed by atoms with Crippen LogP contribution in [-0.4, -0.2) is 25.8 Å². The first-order chi connectivity index (χ1) is 9.07. The van der Waals surface area contributed by atoms with E-state index in [-0.39, 0.29) is 5.41 Å². The van der Waals surface area contributed by atoms with Crippen LogP contribution in [0.15, 0.2) is 18.2 Å². The summed E-state index contributed by atoms with van der Waals surface area (Å²) in [5, 5.41) is 3.55. The van der Waals surface area contributed by atoms with E-state index in [2.05, 4.69) is 44.3 Å². The fraction of sp³-hybridized carbons (Fsp3) is 0.625. The van der Waals surface area contributed by atoms with Gasteiger partial charge in [-0.05, 0) is 48.9 Å². The molecule has 0 saturated carbocycles. The molecule has 0 amide bonds. The third kappa shape index (κ3) is 2.32. The second-order valence-corrected chi connectivity index (χ2v) is 6.32. The van der Waals surface area contributed by atoms with Gasteiger partial charge in [0, 0.05) is 6.04 Å². The average Bonchev–Trinajstić information content (AvgIpc) is 2.85. The van der Waals surface area contributed by atoms with Gasteiger partial charge < -0.3 is 14.8 Å². The Kier molecular flexibility index (Phi) is 3.17. The van der Waals surface area contributed by atoms with Gasteiger partial charge in [-0.2, -0.15) is 0 Å². The topological polar surface area (TPSA) is 30.5 Å². The Morgan fingerprint density at radius 3 is 2.58 bits per heavy atom. The number of fused-ring (bicyclic) bond motifs is 1. The number of rotatable bonds is 2. The lowest BCUT2D eigenvalue weighted by Crippen LogP contribution is -2.30. The third-order valence-electron chi connectivity index (χ3n) is 4.66. The van der Waals surface area contributed by atoms with Crippen LogP contribution >= 0.6 is 0 Å². The van der Waals surface area contributed by atoms with Gasteiger partial charge in [0.15, 0.2) is 11.5 Å². The Hall–Kier alpha value is -1.22. The van der Waals surface area contributed by atoms with Crippen LogP contribution in [0.4, 0.5) is 0 Å². The zero-order valence-corrected chi connectivity index (χ0v) is 12.0. The standard InChI is InChI=1S/C16H23NO2/c1-11-8-13(10-17-11)16(2,3)12-4-5-14-15(9-12)19-7-6-18-14/h4-5,9,11,13,17H,6-8,10H2,1-3H3. The van der Waals surface area contributed by atoms with E-state index in [9.17, 15) is 0 Å². The minimum atomic E-state index is 0.160. The number of nitrogens with one attached hydrogen (secondary N) is 1.